The van der Waals surface area contributed by atoms with E-state index in [-0.39, 0.29) is 12.1 Å². The van der Waals surface area contributed by atoms with E-state index >= 15 is 0 Å². The van der Waals surface area contributed by atoms with Gasteiger partial charge >= 0.3 is 6.09 Å². The van der Waals surface area contributed by atoms with Crippen molar-refractivity contribution in [1.82, 2.24) is 10.2 Å². The smallest absolute Gasteiger partial charge is 0.409 e. The molecule has 2 heterocycles. The highest BCUT2D eigenvalue weighted by Gasteiger charge is 2.25. The first-order valence-electron chi connectivity index (χ1n) is 9.91. The largest absolute Gasteiger partial charge is 0.450 e. The minimum absolute atomic E-state index is 0.224. The maximum atomic E-state index is 11.7. The molecule has 27 heavy (non-hydrogen) atoms. The molecule has 1 amide bonds. The maximum Gasteiger partial charge on any atom is 0.409 e. The van der Waals surface area contributed by atoms with E-state index in [1.807, 2.05) is 6.92 Å². The van der Waals surface area contributed by atoms with Crippen LogP contribution in [0.1, 0.15) is 32.3 Å². The topological polar surface area (TPSA) is 83.2 Å². The molecule has 1 saturated heterocycles. The summed E-state index contributed by atoms with van der Waals surface area (Å²) in [5.41, 5.74) is 8.80. The number of carbonyl (C=O) groups is 1. The summed E-state index contributed by atoms with van der Waals surface area (Å²) in [5.74, 6) is 0.490. The number of nitrogens with one attached hydrogen (secondary N) is 1. The Kier molecular flexibility index (Phi) is 6.42. The molecule has 1 fully saturated rings. The van der Waals surface area contributed by atoms with Crippen LogP contribution in [0.2, 0.25) is 0 Å². The molecular weight excluding hydrogens is 342 g/mol. The lowest BCUT2D eigenvalue weighted by Crippen LogP contribution is -2.48. The molecule has 1 aromatic carbocycles. The first-order chi connectivity index (χ1) is 13.1. The number of fused-ring (bicyclic) bond motifs is 1. The van der Waals surface area contributed by atoms with Crippen LogP contribution in [-0.4, -0.2) is 61.8 Å². The summed E-state index contributed by atoms with van der Waals surface area (Å²) in [6, 6.07) is 9.33. The van der Waals surface area contributed by atoms with Gasteiger partial charge in [-0.05, 0) is 44.7 Å². The SMILES string of the molecule is CCOC(=O)N1CCC(NC(N)=NCCN2c3ccccc3CC2C)CC1. The molecular formula is C20H31N5O2. The number of ether oxygens (including phenoxy) is 1. The van der Waals surface area contributed by atoms with Gasteiger partial charge in [-0.2, -0.15) is 0 Å². The van der Waals surface area contributed by atoms with Crippen LogP contribution in [-0.2, 0) is 11.2 Å². The fraction of sp³-hybridized carbons (Fsp3) is 0.600. The lowest BCUT2D eigenvalue weighted by atomic mass is 10.1. The van der Waals surface area contributed by atoms with Crippen molar-refractivity contribution in [3.63, 3.8) is 0 Å². The van der Waals surface area contributed by atoms with Crippen molar-refractivity contribution < 1.29 is 9.53 Å². The minimum Gasteiger partial charge on any atom is -0.450 e. The van der Waals surface area contributed by atoms with E-state index in [2.05, 4.69) is 46.4 Å². The van der Waals surface area contributed by atoms with E-state index in [1.54, 1.807) is 4.90 Å². The van der Waals surface area contributed by atoms with Crippen LogP contribution in [0.15, 0.2) is 29.3 Å². The molecule has 2 aliphatic heterocycles. The van der Waals surface area contributed by atoms with Gasteiger partial charge in [0.15, 0.2) is 5.96 Å². The quantitative estimate of drug-likeness (QED) is 0.609. The molecule has 3 N–H and O–H groups in total. The van der Waals surface area contributed by atoms with Crippen LogP contribution in [0.4, 0.5) is 10.5 Å². The van der Waals surface area contributed by atoms with Crippen LogP contribution in [0.25, 0.3) is 0 Å². The number of amides is 1. The number of nitrogens with zero attached hydrogens (tertiary/aromatic N) is 3. The standard InChI is InChI=1S/C20H31N5O2/c1-3-27-20(26)24-11-8-17(9-12-24)23-19(21)22-10-13-25-15(2)14-16-6-4-5-7-18(16)25/h4-7,15,17H,3,8-14H2,1-2H3,(H3,21,22,23). The highest BCUT2D eigenvalue weighted by molar-refractivity contribution is 5.78. The Morgan fingerprint density at radius 1 is 1.33 bits per heavy atom. The number of guanidine groups is 1. The van der Waals surface area contributed by atoms with Gasteiger partial charge in [-0.1, -0.05) is 18.2 Å². The van der Waals surface area contributed by atoms with E-state index in [0.29, 0.717) is 38.2 Å². The zero-order chi connectivity index (χ0) is 19.2. The summed E-state index contributed by atoms with van der Waals surface area (Å²) in [5, 5.41) is 3.30. The molecule has 1 unspecified atom stereocenters. The predicted octanol–water partition coefficient (Wildman–Crippen LogP) is 1.96. The number of para-hydroxylation sites is 1. The van der Waals surface area contributed by atoms with Crippen LogP contribution in [0, 0.1) is 0 Å². The third-order valence-electron chi connectivity index (χ3n) is 5.34. The Labute approximate surface area is 161 Å². The van der Waals surface area contributed by atoms with Crippen molar-refractivity contribution in [2.75, 3.05) is 37.7 Å². The molecule has 0 aromatic heterocycles. The average molecular weight is 374 g/mol. The monoisotopic (exact) mass is 373 g/mol. The number of anilines is 1. The number of carbonyl (C=O) groups excluding carboxylic acids is 1. The summed E-state index contributed by atoms with van der Waals surface area (Å²) < 4.78 is 5.05. The zero-order valence-electron chi connectivity index (χ0n) is 16.4. The second-order valence-corrected chi connectivity index (χ2v) is 7.25. The second kappa shape index (κ2) is 8.97. The van der Waals surface area contributed by atoms with E-state index < -0.39 is 0 Å². The van der Waals surface area contributed by atoms with Crippen LogP contribution < -0.4 is 16.0 Å². The number of rotatable bonds is 5. The number of hydrogen-bond donors (Lipinski definition) is 2. The number of aliphatic imine (C=N–C) groups is 1. The molecule has 0 spiro atoms. The van der Waals surface area contributed by atoms with Gasteiger partial charge in [-0.3, -0.25) is 4.99 Å². The second-order valence-electron chi connectivity index (χ2n) is 7.25. The number of benzene rings is 1. The summed E-state index contributed by atoms with van der Waals surface area (Å²) in [6.07, 6.45) is 2.57. The highest BCUT2D eigenvalue weighted by Crippen LogP contribution is 2.31. The first-order valence-corrected chi connectivity index (χ1v) is 9.91. The number of piperidine rings is 1. The summed E-state index contributed by atoms with van der Waals surface area (Å²) in [7, 11) is 0. The Morgan fingerprint density at radius 3 is 2.81 bits per heavy atom. The molecule has 7 heteroatoms. The van der Waals surface area contributed by atoms with Gasteiger partial charge < -0.3 is 25.6 Å². The fourth-order valence-corrected chi connectivity index (χ4v) is 3.92. The van der Waals surface area contributed by atoms with E-state index in [0.717, 1.165) is 25.8 Å². The van der Waals surface area contributed by atoms with Gasteiger partial charge in [-0.25, -0.2) is 4.79 Å². The molecule has 1 atom stereocenters. The Hall–Kier alpha value is -2.44. The Balaban J connectivity index is 1.42. The van der Waals surface area contributed by atoms with Crippen molar-refractivity contribution in [3.05, 3.63) is 29.8 Å². The summed E-state index contributed by atoms with van der Waals surface area (Å²) >= 11 is 0. The molecule has 2 aliphatic rings. The Bertz CT molecular complexity index is 670. The highest BCUT2D eigenvalue weighted by atomic mass is 16.6. The number of likely N-dealkylation sites (tertiary alicyclic amines) is 1. The van der Waals surface area contributed by atoms with E-state index in [9.17, 15) is 4.79 Å². The third-order valence-corrected chi connectivity index (χ3v) is 5.34. The molecule has 148 valence electrons. The summed E-state index contributed by atoms with van der Waals surface area (Å²) in [4.78, 5) is 20.4. The molecule has 7 nitrogen and oxygen atoms in total. The molecule has 1 aromatic rings. The molecule has 0 radical (unpaired) electrons. The van der Waals surface area contributed by atoms with Gasteiger partial charge in [0.1, 0.15) is 0 Å². The molecule has 0 aliphatic carbocycles. The van der Waals surface area contributed by atoms with Gasteiger partial charge in [0.25, 0.3) is 0 Å². The van der Waals surface area contributed by atoms with Crippen molar-refractivity contribution in [1.29, 1.82) is 0 Å². The van der Waals surface area contributed by atoms with Gasteiger partial charge in [0.05, 0.1) is 13.2 Å². The first kappa shape index (κ1) is 19.3. The van der Waals surface area contributed by atoms with Gasteiger partial charge in [0.2, 0.25) is 0 Å². The average Bonchev–Trinajstić information content (AvgIpc) is 2.98. The van der Waals surface area contributed by atoms with Crippen LogP contribution >= 0.6 is 0 Å². The van der Waals surface area contributed by atoms with Crippen LogP contribution in [0.3, 0.4) is 0 Å². The van der Waals surface area contributed by atoms with Crippen molar-refractivity contribution in [3.8, 4) is 0 Å². The van der Waals surface area contributed by atoms with Gasteiger partial charge in [-0.15, -0.1) is 0 Å². The third kappa shape index (κ3) is 4.84. The van der Waals surface area contributed by atoms with E-state index in [1.165, 1.54) is 11.3 Å². The number of nitrogens with two attached hydrogens (primary N) is 1. The van der Waals surface area contributed by atoms with E-state index in [4.69, 9.17) is 10.5 Å². The zero-order valence-corrected chi connectivity index (χ0v) is 16.4. The van der Waals surface area contributed by atoms with Crippen LogP contribution in [0.5, 0.6) is 0 Å². The molecule has 0 saturated carbocycles. The fourth-order valence-electron chi connectivity index (χ4n) is 3.92. The Morgan fingerprint density at radius 2 is 2.07 bits per heavy atom. The summed E-state index contributed by atoms with van der Waals surface area (Å²) in [6.45, 7) is 7.39. The van der Waals surface area contributed by atoms with Crippen molar-refractivity contribution in [2.24, 2.45) is 10.7 Å². The van der Waals surface area contributed by atoms with Gasteiger partial charge in [0, 0.05) is 37.4 Å². The number of hydrogen-bond acceptors (Lipinski definition) is 4. The minimum atomic E-state index is -0.224. The maximum absolute atomic E-state index is 11.7. The van der Waals surface area contributed by atoms with Crippen molar-refractivity contribution >= 4 is 17.7 Å². The van der Waals surface area contributed by atoms with Crippen molar-refractivity contribution in [2.45, 2.75) is 45.2 Å². The predicted molar refractivity (Wildman–Crippen MR) is 108 cm³/mol. The molecule has 0 bridgehead atoms. The normalized spacial score (nSPS) is 20.5. The lowest BCUT2D eigenvalue weighted by molar-refractivity contribution is 0.0963. The molecule has 3 rings (SSSR count). The lowest BCUT2D eigenvalue weighted by Gasteiger charge is -2.31.